The van der Waals surface area contributed by atoms with Gasteiger partial charge in [-0.1, -0.05) is 0 Å². The van der Waals surface area contributed by atoms with Crippen LogP contribution in [0.2, 0.25) is 0 Å². The molecule has 1 aromatic rings. The van der Waals surface area contributed by atoms with E-state index in [0.29, 0.717) is 5.69 Å². The second-order valence-corrected chi connectivity index (χ2v) is 4.52. The highest BCUT2D eigenvalue weighted by atomic mass is 19.2. The van der Waals surface area contributed by atoms with Crippen LogP contribution >= 0.6 is 0 Å². The Bertz CT molecular complexity index is 445. The minimum Gasteiger partial charge on any atom is -0.317 e. The van der Waals surface area contributed by atoms with Gasteiger partial charge in [-0.15, -0.1) is 0 Å². The van der Waals surface area contributed by atoms with Crippen LogP contribution in [-0.2, 0) is 4.79 Å². The summed E-state index contributed by atoms with van der Waals surface area (Å²) < 4.78 is 26.0. The summed E-state index contributed by atoms with van der Waals surface area (Å²) >= 11 is 0. The van der Waals surface area contributed by atoms with Crippen LogP contribution in [-0.4, -0.2) is 26.0 Å². The van der Waals surface area contributed by atoms with Crippen molar-refractivity contribution in [2.24, 2.45) is 5.92 Å². The summed E-state index contributed by atoms with van der Waals surface area (Å²) in [7, 11) is 1.59. The fourth-order valence-electron chi connectivity index (χ4n) is 2.16. The maximum atomic E-state index is 13.1. The van der Waals surface area contributed by atoms with Gasteiger partial charge in [-0.25, -0.2) is 8.78 Å². The van der Waals surface area contributed by atoms with Crippen molar-refractivity contribution >= 4 is 11.6 Å². The van der Waals surface area contributed by atoms with Crippen molar-refractivity contribution < 1.29 is 13.6 Å². The highest BCUT2D eigenvalue weighted by Crippen LogP contribution is 2.21. The molecule has 0 aliphatic carbocycles. The SMILES string of the molecule is CN(C(=O)C1CCNCC1)c1ccc(F)c(F)c1. The fraction of sp³-hybridized carbons (Fsp3) is 0.462. The van der Waals surface area contributed by atoms with E-state index in [1.54, 1.807) is 7.05 Å². The summed E-state index contributed by atoms with van der Waals surface area (Å²) in [5.41, 5.74) is 0.387. The Labute approximate surface area is 105 Å². The molecule has 0 atom stereocenters. The molecule has 1 aliphatic heterocycles. The highest BCUT2D eigenvalue weighted by molar-refractivity contribution is 5.94. The molecule has 1 N–H and O–H groups in total. The third-order valence-electron chi connectivity index (χ3n) is 3.31. The van der Waals surface area contributed by atoms with Crippen LogP contribution in [0, 0.1) is 17.6 Å². The second-order valence-electron chi connectivity index (χ2n) is 4.52. The van der Waals surface area contributed by atoms with Gasteiger partial charge in [0.05, 0.1) is 0 Å². The first kappa shape index (κ1) is 13.0. The van der Waals surface area contributed by atoms with E-state index < -0.39 is 11.6 Å². The van der Waals surface area contributed by atoms with Crippen LogP contribution in [0.25, 0.3) is 0 Å². The molecule has 1 amide bonds. The number of hydrogen-bond donors (Lipinski definition) is 1. The van der Waals surface area contributed by atoms with Crippen molar-refractivity contribution in [3.8, 4) is 0 Å². The van der Waals surface area contributed by atoms with E-state index in [0.717, 1.165) is 38.1 Å². The number of halogens is 2. The number of hydrogen-bond acceptors (Lipinski definition) is 2. The van der Waals surface area contributed by atoms with Gasteiger partial charge in [-0.3, -0.25) is 4.79 Å². The molecule has 5 heteroatoms. The van der Waals surface area contributed by atoms with Crippen molar-refractivity contribution in [1.29, 1.82) is 0 Å². The largest absolute Gasteiger partial charge is 0.317 e. The first-order chi connectivity index (χ1) is 8.59. The number of benzene rings is 1. The molecule has 1 aromatic carbocycles. The van der Waals surface area contributed by atoms with Gasteiger partial charge in [0, 0.05) is 24.7 Å². The quantitative estimate of drug-likeness (QED) is 0.874. The van der Waals surface area contributed by atoms with Crippen molar-refractivity contribution in [3.05, 3.63) is 29.8 Å². The van der Waals surface area contributed by atoms with Gasteiger partial charge in [0.25, 0.3) is 0 Å². The van der Waals surface area contributed by atoms with E-state index in [-0.39, 0.29) is 11.8 Å². The zero-order valence-electron chi connectivity index (χ0n) is 10.2. The van der Waals surface area contributed by atoms with E-state index in [2.05, 4.69) is 5.32 Å². The molecule has 1 saturated heterocycles. The molecule has 1 heterocycles. The molecule has 2 rings (SSSR count). The van der Waals surface area contributed by atoms with Gasteiger partial charge in [0.2, 0.25) is 5.91 Å². The van der Waals surface area contributed by atoms with Crippen LogP contribution in [0.3, 0.4) is 0 Å². The number of piperidine rings is 1. The summed E-state index contributed by atoms with van der Waals surface area (Å²) in [6.07, 6.45) is 1.57. The van der Waals surface area contributed by atoms with E-state index in [1.165, 1.54) is 11.0 Å². The number of nitrogens with zero attached hydrogens (tertiary/aromatic N) is 1. The minimum absolute atomic E-state index is 0.0376. The predicted molar refractivity (Wildman–Crippen MR) is 65.4 cm³/mol. The molecule has 1 fully saturated rings. The summed E-state index contributed by atoms with van der Waals surface area (Å²) in [6.45, 7) is 1.64. The zero-order chi connectivity index (χ0) is 13.1. The lowest BCUT2D eigenvalue weighted by atomic mass is 9.96. The van der Waals surface area contributed by atoms with Crippen LogP contribution in [0.4, 0.5) is 14.5 Å². The molecule has 0 aromatic heterocycles. The minimum atomic E-state index is -0.933. The fourth-order valence-corrected chi connectivity index (χ4v) is 2.16. The lowest BCUT2D eigenvalue weighted by Gasteiger charge is -2.27. The zero-order valence-corrected chi connectivity index (χ0v) is 10.2. The standard InChI is InChI=1S/C13H16F2N2O/c1-17(10-2-3-11(14)12(15)8-10)13(18)9-4-6-16-7-5-9/h2-3,8-9,16H,4-7H2,1H3. The molecule has 98 valence electrons. The Hall–Kier alpha value is -1.49. The molecule has 0 saturated carbocycles. The Morgan fingerprint density at radius 3 is 2.56 bits per heavy atom. The van der Waals surface area contributed by atoms with Crippen molar-refractivity contribution in [3.63, 3.8) is 0 Å². The number of carbonyl (C=O) groups excluding carboxylic acids is 1. The summed E-state index contributed by atoms with van der Waals surface area (Å²) in [4.78, 5) is 13.6. The van der Waals surface area contributed by atoms with E-state index in [9.17, 15) is 13.6 Å². The van der Waals surface area contributed by atoms with E-state index >= 15 is 0 Å². The molecule has 18 heavy (non-hydrogen) atoms. The van der Waals surface area contributed by atoms with Gasteiger partial charge < -0.3 is 10.2 Å². The Kier molecular flexibility index (Phi) is 3.91. The third-order valence-corrected chi connectivity index (χ3v) is 3.31. The van der Waals surface area contributed by atoms with Crippen molar-refractivity contribution in [2.45, 2.75) is 12.8 Å². The van der Waals surface area contributed by atoms with Gasteiger partial charge in [0.15, 0.2) is 11.6 Å². The molecule has 0 spiro atoms. The first-order valence-corrected chi connectivity index (χ1v) is 6.03. The molecule has 0 radical (unpaired) electrons. The van der Waals surface area contributed by atoms with Crippen LogP contribution in [0.5, 0.6) is 0 Å². The molecule has 0 unspecified atom stereocenters. The summed E-state index contributed by atoms with van der Waals surface area (Å²) in [5, 5.41) is 3.18. The van der Waals surface area contributed by atoms with Gasteiger partial charge in [-0.05, 0) is 38.1 Å². The second kappa shape index (κ2) is 5.44. The Morgan fingerprint density at radius 2 is 1.94 bits per heavy atom. The third kappa shape index (κ3) is 2.67. The highest BCUT2D eigenvalue weighted by Gasteiger charge is 2.24. The smallest absolute Gasteiger partial charge is 0.229 e. The lowest BCUT2D eigenvalue weighted by molar-refractivity contribution is -0.122. The number of rotatable bonds is 2. The summed E-state index contributed by atoms with van der Waals surface area (Å²) in [6, 6.07) is 3.50. The monoisotopic (exact) mass is 254 g/mol. The Morgan fingerprint density at radius 1 is 1.28 bits per heavy atom. The van der Waals surface area contributed by atoms with Crippen LogP contribution in [0.1, 0.15) is 12.8 Å². The normalized spacial score (nSPS) is 16.6. The number of nitrogens with one attached hydrogen (secondary N) is 1. The maximum absolute atomic E-state index is 13.1. The number of carbonyl (C=O) groups is 1. The van der Waals surface area contributed by atoms with Crippen molar-refractivity contribution in [2.75, 3.05) is 25.0 Å². The Balaban J connectivity index is 2.11. The van der Waals surface area contributed by atoms with Crippen LogP contribution in [0.15, 0.2) is 18.2 Å². The molecule has 1 aliphatic rings. The topological polar surface area (TPSA) is 32.3 Å². The average molecular weight is 254 g/mol. The first-order valence-electron chi connectivity index (χ1n) is 6.03. The van der Waals surface area contributed by atoms with Crippen molar-refractivity contribution in [1.82, 2.24) is 5.32 Å². The number of anilines is 1. The summed E-state index contributed by atoms with van der Waals surface area (Å²) in [5.74, 6) is -1.91. The lowest BCUT2D eigenvalue weighted by Crippen LogP contribution is -2.39. The molecule has 3 nitrogen and oxygen atoms in total. The van der Waals surface area contributed by atoms with Gasteiger partial charge in [-0.2, -0.15) is 0 Å². The number of amides is 1. The van der Waals surface area contributed by atoms with Crippen LogP contribution < -0.4 is 10.2 Å². The molecule has 0 bridgehead atoms. The maximum Gasteiger partial charge on any atom is 0.229 e. The van der Waals surface area contributed by atoms with Gasteiger partial charge >= 0.3 is 0 Å². The molecular formula is C13H16F2N2O. The predicted octanol–water partition coefficient (Wildman–Crippen LogP) is 1.93. The van der Waals surface area contributed by atoms with Gasteiger partial charge in [0.1, 0.15) is 0 Å². The van der Waals surface area contributed by atoms with E-state index in [1.807, 2.05) is 0 Å². The van der Waals surface area contributed by atoms with E-state index in [4.69, 9.17) is 0 Å². The molecular weight excluding hydrogens is 238 g/mol. The average Bonchev–Trinajstić information content (AvgIpc) is 2.41.